The molecule has 6 heteroatoms. The number of carbonyl (C=O) groups excluding carboxylic acids is 1. The molecule has 0 unspecified atom stereocenters. The maximum absolute atomic E-state index is 13.5. The summed E-state index contributed by atoms with van der Waals surface area (Å²) < 4.78 is 4.17. The molecule has 1 amide bonds. The zero-order valence-corrected chi connectivity index (χ0v) is 18.5. The summed E-state index contributed by atoms with van der Waals surface area (Å²) in [6.45, 7) is 4.28. The predicted molar refractivity (Wildman–Crippen MR) is 125 cm³/mol. The largest absolute Gasteiger partial charge is 0.339 e. The molecule has 0 bridgehead atoms. The number of pyridine rings is 1. The van der Waals surface area contributed by atoms with Crippen LogP contribution in [0.1, 0.15) is 46.6 Å². The van der Waals surface area contributed by atoms with Gasteiger partial charge in [0.1, 0.15) is 11.5 Å². The average molecular weight is 428 g/mol. The fourth-order valence-electron chi connectivity index (χ4n) is 4.84. The molecule has 0 N–H and O–H groups in total. The van der Waals surface area contributed by atoms with Crippen LogP contribution in [0.4, 0.5) is 0 Å². The van der Waals surface area contributed by atoms with E-state index >= 15 is 0 Å². The van der Waals surface area contributed by atoms with Crippen molar-refractivity contribution < 1.29 is 4.79 Å². The highest BCUT2D eigenvalue weighted by Gasteiger charge is 2.24. The van der Waals surface area contributed by atoms with Crippen LogP contribution < -0.4 is 0 Å². The lowest BCUT2D eigenvalue weighted by molar-refractivity contribution is 0.0758. The summed E-state index contributed by atoms with van der Waals surface area (Å²) in [6.07, 6.45) is 13.9. The molecule has 1 aliphatic heterocycles. The van der Waals surface area contributed by atoms with Gasteiger partial charge in [0.25, 0.3) is 5.91 Å². The number of hydrogen-bond acceptors (Lipinski definition) is 3. The monoisotopic (exact) mass is 427 g/mol. The second kappa shape index (κ2) is 8.99. The fourth-order valence-corrected chi connectivity index (χ4v) is 4.84. The maximum atomic E-state index is 13.5. The maximum Gasteiger partial charge on any atom is 0.254 e. The van der Waals surface area contributed by atoms with Crippen molar-refractivity contribution >= 4 is 11.6 Å². The first-order valence-electron chi connectivity index (χ1n) is 11.4. The smallest absolute Gasteiger partial charge is 0.254 e. The lowest BCUT2D eigenvalue weighted by Crippen LogP contribution is -2.33. The van der Waals surface area contributed by atoms with Crippen LogP contribution in [-0.2, 0) is 13.0 Å². The van der Waals surface area contributed by atoms with Gasteiger partial charge in [-0.25, -0.2) is 9.97 Å². The SMILES string of the molecule is Cc1nccn1Cc1ccccc1C(=O)N1CCC[C@@H](Cc2cccn3ccnc23)CC1. The minimum absolute atomic E-state index is 0.148. The van der Waals surface area contributed by atoms with E-state index in [9.17, 15) is 4.79 Å². The standard InChI is InChI=1S/C26H29N5O/c1-20-27-11-17-31(20)19-23-7-2-3-9-24(23)26(32)30-14-4-6-21(10-15-30)18-22-8-5-13-29-16-12-28-25(22)29/h2-3,5,7-9,11-13,16-17,21H,4,6,10,14-15,18-19H2,1H3/t21-/m1/s1. The number of likely N-dealkylation sites (tertiary alicyclic amines) is 1. The molecule has 6 nitrogen and oxygen atoms in total. The van der Waals surface area contributed by atoms with Gasteiger partial charge in [0.15, 0.2) is 0 Å². The van der Waals surface area contributed by atoms with Gasteiger partial charge in [0.05, 0.1) is 0 Å². The van der Waals surface area contributed by atoms with Crippen molar-refractivity contribution in [2.24, 2.45) is 5.92 Å². The Morgan fingerprint density at radius 2 is 1.81 bits per heavy atom. The van der Waals surface area contributed by atoms with E-state index in [-0.39, 0.29) is 5.91 Å². The zero-order valence-electron chi connectivity index (χ0n) is 18.5. The molecule has 4 heterocycles. The van der Waals surface area contributed by atoms with Crippen molar-refractivity contribution in [2.75, 3.05) is 13.1 Å². The van der Waals surface area contributed by atoms with Gasteiger partial charge in [-0.2, -0.15) is 0 Å². The summed E-state index contributed by atoms with van der Waals surface area (Å²) in [6, 6.07) is 12.3. The first-order valence-corrected chi connectivity index (χ1v) is 11.4. The Labute approximate surface area is 188 Å². The molecule has 32 heavy (non-hydrogen) atoms. The molecule has 5 rings (SSSR count). The van der Waals surface area contributed by atoms with Crippen molar-refractivity contribution in [3.8, 4) is 0 Å². The van der Waals surface area contributed by atoms with Crippen molar-refractivity contribution in [1.29, 1.82) is 0 Å². The lowest BCUT2D eigenvalue weighted by atomic mass is 9.93. The quantitative estimate of drug-likeness (QED) is 0.475. The third-order valence-electron chi connectivity index (χ3n) is 6.66. The van der Waals surface area contributed by atoms with Gasteiger partial charge in [-0.15, -0.1) is 0 Å². The van der Waals surface area contributed by atoms with E-state index in [0.29, 0.717) is 12.5 Å². The molecule has 4 aromatic rings. The van der Waals surface area contributed by atoms with E-state index in [1.165, 1.54) is 5.56 Å². The van der Waals surface area contributed by atoms with Crippen LogP contribution in [0.5, 0.6) is 0 Å². The molecule has 3 aromatic heterocycles. The molecule has 0 aliphatic carbocycles. The molecular formula is C26H29N5O. The Bertz CT molecular complexity index is 1220. The minimum Gasteiger partial charge on any atom is -0.339 e. The number of rotatable bonds is 5. The number of nitrogens with zero attached hydrogens (tertiary/aromatic N) is 5. The van der Waals surface area contributed by atoms with Crippen LogP contribution in [0.3, 0.4) is 0 Å². The topological polar surface area (TPSA) is 55.4 Å². The van der Waals surface area contributed by atoms with E-state index < -0.39 is 0 Å². The Hall–Kier alpha value is -3.41. The summed E-state index contributed by atoms with van der Waals surface area (Å²) in [4.78, 5) is 24.4. The van der Waals surface area contributed by atoms with E-state index in [1.54, 1.807) is 6.20 Å². The van der Waals surface area contributed by atoms with Crippen LogP contribution in [0.2, 0.25) is 0 Å². The molecule has 1 aromatic carbocycles. The molecule has 0 radical (unpaired) electrons. The molecule has 164 valence electrons. The molecule has 0 saturated carbocycles. The molecule has 1 saturated heterocycles. The second-order valence-electron chi connectivity index (χ2n) is 8.74. The lowest BCUT2D eigenvalue weighted by Gasteiger charge is -2.22. The van der Waals surface area contributed by atoms with Gasteiger partial charge in [-0.3, -0.25) is 4.79 Å². The zero-order chi connectivity index (χ0) is 21.9. The van der Waals surface area contributed by atoms with Gasteiger partial charge >= 0.3 is 0 Å². The highest BCUT2D eigenvalue weighted by Crippen LogP contribution is 2.25. The van der Waals surface area contributed by atoms with Crippen molar-refractivity contribution in [2.45, 2.75) is 39.2 Å². The summed E-state index contributed by atoms with van der Waals surface area (Å²) in [5, 5.41) is 0. The summed E-state index contributed by atoms with van der Waals surface area (Å²) in [5.74, 6) is 1.67. The highest BCUT2D eigenvalue weighted by atomic mass is 16.2. The average Bonchev–Trinajstić information content (AvgIpc) is 3.38. The summed E-state index contributed by atoms with van der Waals surface area (Å²) in [5.41, 5.74) is 4.20. The molecule has 1 atom stereocenters. The van der Waals surface area contributed by atoms with Crippen LogP contribution in [-0.4, -0.2) is 42.8 Å². The number of amides is 1. The Kier molecular flexibility index (Phi) is 5.75. The number of aryl methyl sites for hydroxylation is 1. The van der Waals surface area contributed by atoms with E-state index in [4.69, 9.17) is 0 Å². The third kappa shape index (κ3) is 4.17. The Morgan fingerprint density at radius 1 is 0.969 bits per heavy atom. The van der Waals surface area contributed by atoms with Crippen molar-refractivity contribution in [3.63, 3.8) is 0 Å². The number of aromatic nitrogens is 4. The Balaban J connectivity index is 1.28. The number of fused-ring (bicyclic) bond motifs is 1. The number of imidazole rings is 2. The minimum atomic E-state index is 0.148. The van der Waals surface area contributed by atoms with Crippen LogP contribution in [0.25, 0.3) is 5.65 Å². The molecule has 1 aliphatic rings. The first-order chi connectivity index (χ1) is 15.7. The van der Waals surface area contributed by atoms with E-state index in [2.05, 4.69) is 42.0 Å². The van der Waals surface area contributed by atoms with Gasteiger partial charge < -0.3 is 13.9 Å². The van der Waals surface area contributed by atoms with Crippen molar-refractivity contribution in [3.05, 3.63) is 89.9 Å². The fraction of sp³-hybridized carbons (Fsp3) is 0.346. The second-order valence-corrected chi connectivity index (χ2v) is 8.74. The molecular weight excluding hydrogens is 398 g/mol. The molecule has 0 spiro atoms. The van der Waals surface area contributed by atoms with E-state index in [0.717, 1.165) is 61.4 Å². The van der Waals surface area contributed by atoms with Gasteiger partial charge in [0.2, 0.25) is 0 Å². The van der Waals surface area contributed by atoms with Gasteiger partial charge in [-0.1, -0.05) is 24.3 Å². The number of benzene rings is 1. The van der Waals surface area contributed by atoms with Gasteiger partial charge in [0, 0.05) is 56.2 Å². The number of carbonyl (C=O) groups is 1. The Morgan fingerprint density at radius 3 is 2.69 bits per heavy atom. The predicted octanol–water partition coefficient (Wildman–Crippen LogP) is 4.37. The highest BCUT2D eigenvalue weighted by molar-refractivity contribution is 5.95. The van der Waals surface area contributed by atoms with E-state index in [1.807, 2.05) is 49.9 Å². The number of hydrogen-bond donors (Lipinski definition) is 0. The first kappa shape index (κ1) is 20.5. The van der Waals surface area contributed by atoms with Crippen molar-refractivity contribution in [1.82, 2.24) is 23.8 Å². The van der Waals surface area contributed by atoms with Crippen LogP contribution >= 0.6 is 0 Å². The van der Waals surface area contributed by atoms with Gasteiger partial charge in [-0.05, 0) is 61.8 Å². The normalized spacial score (nSPS) is 16.9. The summed E-state index contributed by atoms with van der Waals surface area (Å²) >= 11 is 0. The van der Waals surface area contributed by atoms with Crippen LogP contribution in [0.15, 0.2) is 67.4 Å². The van der Waals surface area contributed by atoms with Crippen LogP contribution in [0, 0.1) is 12.8 Å². The third-order valence-corrected chi connectivity index (χ3v) is 6.66. The molecule has 1 fully saturated rings. The summed E-state index contributed by atoms with van der Waals surface area (Å²) in [7, 11) is 0.